The molecule has 2 aromatic rings. The average Bonchev–Trinajstić information content (AvgIpc) is 2.67. The second-order valence-corrected chi connectivity index (χ2v) is 4.27. The van der Waals surface area contributed by atoms with Crippen molar-refractivity contribution < 1.29 is 4.74 Å². The Hall–Kier alpha value is -1.97. The van der Waals surface area contributed by atoms with Gasteiger partial charge in [-0.3, -0.25) is 0 Å². The van der Waals surface area contributed by atoms with E-state index in [1.165, 1.54) is 0 Å². The van der Waals surface area contributed by atoms with Crippen LogP contribution in [0.4, 0.5) is 5.82 Å². The Morgan fingerprint density at radius 2 is 1.94 bits per heavy atom. The van der Waals surface area contributed by atoms with Gasteiger partial charge in [-0.25, -0.2) is 4.98 Å². The van der Waals surface area contributed by atoms with E-state index >= 15 is 0 Å². The third-order valence-corrected chi connectivity index (χ3v) is 3.01. The van der Waals surface area contributed by atoms with Gasteiger partial charge in [-0.1, -0.05) is 6.92 Å². The summed E-state index contributed by atoms with van der Waals surface area (Å²) in [7, 11) is 1.66. The molecule has 0 atom stereocenters. The number of imidazole rings is 1. The van der Waals surface area contributed by atoms with Gasteiger partial charge in [0.15, 0.2) is 0 Å². The van der Waals surface area contributed by atoms with Gasteiger partial charge in [0.25, 0.3) is 0 Å². The van der Waals surface area contributed by atoms with Crippen LogP contribution in [0.3, 0.4) is 0 Å². The average molecular weight is 245 g/mol. The molecule has 0 unspecified atom stereocenters. The van der Waals surface area contributed by atoms with E-state index in [1.54, 1.807) is 7.11 Å². The standard InChI is InChI=1S/C14H19N3O/c1-4-9-17-10(2)16-13(14(17)15)11-5-7-12(18-3)8-6-11/h5-8H,4,9,15H2,1-3H3. The molecule has 0 saturated carbocycles. The minimum Gasteiger partial charge on any atom is -0.497 e. The van der Waals surface area contributed by atoms with Crippen molar-refractivity contribution >= 4 is 5.82 Å². The minimum atomic E-state index is 0.736. The summed E-state index contributed by atoms with van der Waals surface area (Å²) in [5.41, 5.74) is 8.03. The lowest BCUT2D eigenvalue weighted by Gasteiger charge is -2.06. The van der Waals surface area contributed by atoms with Crippen molar-refractivity contribution in [2.45, 2.75) is 26.8 Å². The Bertz CT molecular complexity index is 529. The van der Waals surface area contributed by atoms with Crippen LogP contribution in [0.2, 0.25) is 0 Å². The van der Waals surface area contributed by atoms with Gasteiger partial charge in [-0.05, 0) is 37.6 Å². The second-order valence-electron chi connectivity index (χ2n) is 4.27. The van der Waals surface area contributed by atoms with Crippen LogP contribution in [0.5, 0.6) is 5.75 Å². The molecule has 0 amide bonds. The maximum absolute atomic E-state index is 6.16. The van der Waals surface area contributed by atoms with Gasteiger partial charge >= 0.3 is 0 Å². The predicted octanol–water partition coefficient (Wildman–Crippen LogP) is 2.86. The summed E-state index contributed by atoms with van der Waals surface area (Å²) in [6.45, 7) is 5.02. The Labute approximate surface area is 107 Å². The van der Waals surface area contributed by atoms with Crippen LogP contribution in [-0.4, -0.2) is 16.7 Å². The molecule has 96 valence electrons. The lowest BCUT2D eigenvalue weighted by Crippen LogP contribution is -2.04. The van der Waals surface area contributed by atoms with E-state index in [2.05, 4.69) is 16.5 Å². The number of rotatable bonds is 4. The van der Waals surface area contributed by atoms with Crippen LogP contribution in [-0.2, 0) is 6.54 Å². The number of nitrogens with zero attached hydrogens (tertiary/aromatic N) is 2. The van der Waals surface area contributed by atoms with E-state index in [4.69, 9.17) is 10.5 Å². The van der Waals surface area contributed by atoms with Gasteiger partial charge < -0.3 is 15.0 Å². The Morgan fingerprint density at radius 3 is 2.50 bits per heavy atom. The first-order valence-electron chi connectivity index (χ1n) is 6.14. The van der Waals surface area contributed by atoms with Crippen molar-refractivity contribution in [2.75, 3.05) is 12.8 Å². The number of hydrogen-bond acceptors (Lipinski definition) is 3. The van der Waals surface area contributed by atoms with Crippen LogP contribution in [0.25, 0.3) is 11.3 Å². The molecule has 0 bridgehead atoms. The molecule has 4 heteroatoms. The molecule has 2 rings (SSSR count). The Kier molecular flexibility index (Phi) is 3.55. The minimum absolute atomic E-state index is 0.736. The lowest BCUT2D eigenvalue weighted by atomic mass is 10.1. The number of nitrogens with two attached hydrogens (primary N) is 1. The van der Waals surface area contributed by atoms with E-state index in [9.17, 15) is 0 Å². The number of methoxy groups -OCH3 is 1. The molecule has 1 aromatic carbocycles. The molecule has 4 nitrogen and oxygen atoms in total. The number of aromatic nitrogens is 2. The molecular formula is C14H19N3O. The highest BCUT2D eigenvalue weighted by molar-refractivity contribution is 5.71. The van der Waals surface area contributed by atoms with Gasteiger partial charge in [0.05, 0.1) is 7.11 Å². The zero-order chi connectivity index (χ0) is 13.1. The van der Waals surface area contributed by atoms with Crippen LogP contribution in [0, 0.1) is 6.92 Å². The predicted molar refractivity (Wildman–Crippen MR) is 73.7 cm³/mol. The fraction of sp³-hybridized carbons (Fsp3) is 0.357. The first-order valence-corrected chi connectivity index (χ1v) is 6.14. The third-order valence-electron chi connectivity index (χ3n) is 3.01. The van der Waals surface area contributed by atoms with Crippen molar-refractivity contribution in [3.63, 3.8) is 0 Å². The summed E-state index contributed by atoms with van der Waals surface area (Å²) in [6, 6.07) is 7.80. The van der Waals surface area contributed by atoms with E-state index in [0.717, 1.165) is 41.6 Å². The molecule has 0 aliphatic carbocycles. The molecule has 0 aliphatic rings. The van der Waals surface area contributed by atoms with Crippen molar-refractivity contribution in [3.8, 4) is 17.0 Å². The van der Waals surface area contributed by atoms with Gasteiger partial charge in [0, 0.05) is 12.1 Å². The van der Waals surface area contributed by atoms with Crippen molar-refractivity contribution in [1.29, 1.82) is 0 Å². The summed E-state index contributed by atoms with van der Waals surface area (Å²) >= 11 is 0. The fourth-order valence-corrected chi connectivity index (χ4v) is 2.05. The van der Waals surface area contributed by atoms with Crippen molar-refractivity contribution in [2.24, 2.45) is 0 Å². The molecule has 18 heavy (non-hydrogen) atoms. The highest BCUT2D eigenvalue weighted by Gasteiger charge is 2.12. The summed E-state index contributed by atoms with van der Waals surface area (Å²) in [5.74, 6) is 2.53. The molecule has 0 fully saturated rings. The normalized spacial score (nSPS) is 10.6. The van der Waals surface area contributed by atoms with Gasteiger partial charge in [-0.15, -0.1) is 0 Å². The summed E-state index contributed by atoms with van der Waals surface area (Å²) in [5, 5.41) is 0. The maximum atomic E-state index is 6.16. The first-order chi connectivity index (χ1) is 8.67. The quantitative estimate of drug-likeness (QED) is 0.901. The van der Waals surface area contributed by atoms with E-state index < -0.39 is 0 Å². The van der Waals surface area contributed by atoms with Crippen LogP contribution in [0.1, 0.15) is 19.2 Å². The first kappa shape index (κ1) is 12.5. The monoisotopic (exact) mass is 245 g/mol. The molecule has 0 spiro atoms. The smallest absolute Gasteiger partial charge is 0.131 e. The lowest BCUT2D eigenvalue weighted by molar-refractivity contribution is 0.415. The molecule has 0 saturated heterocycles. The number of anilines is 1. The third kappa shape index (κ3) is 2.18. The fourth-order valence-electron chi connectivity index (χ4n) is 2.05. The number of aryl methyl sites for hydroxylation is 1. The van der Waals surface area contributed by atoms with Crippen molar-refractivity contribution in [1.82, 2.24) is 9.55 Å². The Balaban J connectivity index is 2.40. The molecule has 0 radical (unpaired) electrons. The largest absolute Gasteiger partial charge is 0.497 e. The summed E-state index contributed by atoms with van der Waals surface area (Å²) in [6.07, 6.45) is 1.05. The topological polar surface area (TPSA) is 53.1 Å². The highest BCUT2D eigenvalue weighted by atomic mass is 16.5. The zero-order valence-electron chi connectivity index (χ0n) is 11.1. The van der Waals surface area contributed by atoms with Crippen LogP contribution in [0.15, 0.2) is 24.3 Å². The molecule has 1 heterocycles. The van der Waals surface area contributed by atoms with Crippen molar-refractivity contribution in [3.05, 3.63) is 30.1 Å². The summed E-state index contributed by atoms with van der Waals surface area (Å²) < 4.78 is 7.20. The zero-order valence-corrected chi connectivity index (χ0v) is 11.1. The number of nitrogen functional groups attached to an aromatic ring is 1. The molecule has 0 aliphatic heterocycles. The van der Waals surface area contributed by atoms with Gasteiger partial charge in [0.1, 0.15) is 23.1 Å². The molecular weight excluding hydrogens is 226 g/mol. The number of benzene rings is 1. The van der Waals surface area contributed by atoms with Gasteiger partial charge in [-0.2, -0.15) is 0 Å². The van der Waals surface area contributed by atoms with E-state index in [-0.39, 0.29) is 0 Å². The number of ether oxygens (including phenoxy) is 1. The highest BCUT2D eigenvalue weighted by Crippen LogP contribution is 2.27. The van der Waals surface area contributed by atoms with Gasteiger partial charge in [0.2, 0.25) is 0 Å². The molecule has 2 N–H and O–H groups in total. The SMILES string of the molecule is CCCn1c(C)nc(-c2ccc(OC)cc2)c1N. The van der Waals surface area contributed by atoms with E-state index in [1.807, 2.05) is 31.2 Å². The van der Waals surface area contributed by atoms with E-state index in [0.29, 0.717) is 0 Å². The molecule has 1 aromatic heterocycles. The Morgan fingerprint density at radius 1 is 1.28 bits per heavy atom. The number of hydrogen-bond donors (Lipinski definition) is 1. The van der Waals surface area contributed by atoms with Crippen LogP contribution < -0.4 is 10.5 Å². The van der Waals surface area contributed by atoms with Crippen LogP contribution >= 0.6 is 0 Å². The maximum Gasteiger partial charge on any atom is 0.131 e. The second kappa shape index (κ2) is 5.12. The summed E-state index contributed by atoms with van der Waals surface area (Å²) in [4.78, 5) is 4.55.